The molecule has 118 valence electrons. The summed E-state index contributed by atoms with van der Waals surface area (Å²) in [6.45, 7) is 3.44. The maximum absolute atomic E-state index is 14.2. The van der Waals surface area contributed by atoms with Gasteiger partial charge in [0.2, 0.25) is 5.43 Å². The molecule has 0 aliphatic carbocycles. The van der Waals surface area contributed by atoms with Crippen molar-refractivity contribution in [2.45, 2.75) is 20.3 Å². The molecule has 3 rings (SSSR count). The second kappa shape index (κ2) is 5.70. The summed E-state index contributed by atoms with van der Waals surface area (Å²) >= 11 is 6.08. The van der Waals surface area contributed by atoms with E-state index >= 15 is 0 Å². The highest BCUT2D eigenvalue weighted by molar-refractivity contribution is 6.33. The quantitative estimate of drug-likeness (QED) is 0.731. The Morgan fingerprint density at radius 1 is 1.26 bits per heavy atom. The number of benzene rings is 2. The van der Waals surface area contributed by atoms with E-state index in [-0.39, 0.29) is 38.7 Å². The third kappa shape index (κ3) is 2.49. The van der Waals surface area contributed by atoms with Gasteiger partial charge in [0.1, 0.15) is 22.9 Å². The minimum Gasteiger partial charge on any atom is -0.508 e. The van der Waals surface area contributed by atoms with Crippen molar-refractivity contribution in [3.63, 3.8) is 0 Å². The van der Waals surface area contributed by atoms with Crippen molar-refractivity contribution in [1.29, 1.82) is 0 Å². The fraction of sp³-hybridized carbons (Fsp3) is 0.167. The van der Waals surface area contributed by atoms with Gasteiger partial charge >= 0.3 is 0 Å². The minimum atomic E-state index is -0.582. The van der Waals surface area contributed by atoms with Crippen LogP contribution in [0.15, 0.2) is 39.5 Å². The van der Waals surface area contributed by atoms with Crippen LogP contribution in [0.25, 0.3) is 22.1 Å². The Bertz CT molecular complexity index is 956. The number of phenolic OH excluding ortho intramolecular Hbond substituents is 1. The third-order valence-electron chi connectivity index (χ3n) is 3.86. The standard InChI is InChI=1S/C18H14ClFO3/c1-3-10-7-11-15(8-14(10)21)23-9(2)16(18(11)22)17-12(19)5-4-6-13(17)20/h4-8,21H,3H2,1-2H3. The molecule has 0 spiro atoms. The topological polar surface area (TPSA) is 50.4 Å². The largest absolute Gasteiger partial charge is 0.508 e. The Morgan fingerprint density at radius 3 is 2.65 bits per heavy atom. The maximum atomic E-state index is 14.2. The lowest BCUT2D eigenvalue weighted by molar-refractivity contribution is 0.467. The molecule has 0 unspecified atom stereocenters. The van der Waals surface area contributed by atoms with Gasteiger partial charge in [-0.1, -0.05) is 24.6 Å². The molecule has 1 N–H and O–H groups in total. The van der Waals surface area contributed by atoms with Crippen LogP contribution in [0.5, 0.6) is 5.75 Å². The molecule has 0 aliphatic heterocycles. The van der Waals surface area contributed by atoms with E-state index in [1.54, 1.807) is 13.0 Å². The summed E-state index contributed by atoms with van der Waals surface area (Å²) in [4.78, 5) is 12.9. The zero-order chi connectivity index (χ0) is 16.7. The number of aromatic hydroxyl groups is 1. The highest BCUT2D eigenvalue weighted by atomic mass is 35.5. The van der Waals surface area contributed by atoms with Crippen molar-refractivity contribution in [2.75, 3.05) is 0 Å². The average Bonchev–Trinajstić information content (AvgIpc) is 2.49. The Labute approximate surface area is 136 Å². The van der Waals surface area contributed by atoms with Gasteiger partial charge in [-0.3, -0.25) is 4.79 Å². The van der Waals surface area contributed by atoms with Crippen LogP contribution in [0.4, 0.5) is 4.39 Å². The van der Waals surface area contributed by atoms with Crippen molar-refractivity contribution >= 4 is 22.6 Å². The lowest BCUT2D eigenvalue weighted by Crippen LogP contribution is -2.09. The molecule has 3 nitrogen and oxygen atoms in total. The van der Waals surface area contributed by atoms with Crippen molar-refractivity contribution in [1.82, 2.24) is 0 Å². The highest BCUT2D eigenvalue weighted by Gasteiger charge is 2.20. The lowest BCUT2D eigenvalue weighted by atomic mass is 10.0. The number of fused-ring (bicyclic) bond motifs is 1. The van der Waals surface area contributed by atoms with Crippen LogP contribution in [-0.2, 0) is 6.42 Å². The van der Waals surface area contributed by atoms with Gasteiger partial charge < -0.3 is 9.52 Å². The number of hydrogen-bond acceptors (Lipinski definition) is 3. The summed E-state index contributed by atoms with van der Waals surface area (Å²) in [7, 11) is 0. The number of aryl methyl sites for hydroxylation is 2. The van der Waals surface area contributed by atoms with Gasteiger partial charge in [-0.15, -0.1) is 0 Å². The first-order valence-electron chi connectivity index (χ1n) is 7.17. The van der Waals surface area contributed by atoms with Crippen LogP contribution in [0.2, 0.25) is 5.02 Å². The smallest absolute Gasteiger partial charge is 0.200 e. The third-order valence-corrected chi connectivity index (χ3v) is 4.18. The Kier molecular flexibility index (Phi) is 3.86. The zero-order valence-corrected chi connectivity index (χ0v) is 13.4. The summed E-state index contributed by atoms with van der Waals surface area (Å²) in [5, 5.41) is 10.4. The lowest BCUT2D eigenvalue weighted by Gasteiger charge is -2.11. The molecule has 1 aromatic heterocycles. The molecule has 0 radical (unpaired) electrons. The van der Waals surface area contributed by atoms with Crippen molar-refractivity contribution < 1.29 is 13.9 Å². The first-order chi connectivity index (χ1) is 10.9. The molecule has 5 heteroatoms. The Hall–Kier alpha value is -2.33. The number of phenols is 1. The molecule has 0 atom stereocenters. The first kappa shape index (κ1) is 15.6. The van der Waals surface area contributed by atoms with Gasteiger partial charge in [-0.2, -0.15) is 0 Å². The van der Waals surface area contributed by atoms with Crippen LogP contribution in [0.1, 0.15) is 18.2 Å². The predicted octanol–water partition coefficient (Wildman–Crippen LogP) is 4.83. The molecule has 0 bridgehead atoms. The van der Waals surface area contributed by atoms with E-state index in [1.807, 2.05) is 6.92 Å². The monoisotopic (exact) mass is 332 g/mol. The van der Waals surface area contributed by atoms with E-state index in [1.165, 1.54) is 24.3 Å². The van der Waals surface area contributed by atoms with Crippen LogP contribution in [0.3, 0.4) is 0 Å². The summed E-state index contributed by atoms with van der Waals surface area (Å²) in [6, 6.07) is 7.24. The second-order valence-electron chi connectivity index (χ2n) is 5.29. The first-order valence-corrected chi connectivity index (χ1v) is 7.55. The molecule has 0 aliphatic rings. The van der Waals surface area contributed by atoms with E-state index in [0.29, 0.717) is 17.4 Å². The molecule has 0 fully saturated rings. The van der Waals surface area contributed by atoms with Gasteiger partial charge in [0, 0.05) is 11.6 Å². The molecule has 1 heterocycles. The fourth-order valence-electron chi connectivity index (χ4n) is 2.70. The molecule has 2 aromatic carbocycles. The normalized spacial score (nSPS) is 11.1. The van der Waals surface area contributed by atoms with E-state index in [4.69, 9.17) is 16.0 Å². The van der Waals surface area contributed by atoms with Crippen LogP contribution in [-0.4, -0.2) is 5.11 Å². The van der Waals surface area contributed by atoms with E-state index in [9.17, 15) is 14.3 Å². The molecular formula is C18H14ClFO3. The van der Waals surface area contributed by atoms with Gasteiger partial charge in [-0.05, 0) is 37.1 Å². The summed E-state index contributed by atoms with van der Waals surface area (Å²) < 4.78 is 19.8. The van der Waals surface area contributed by atoms with Gasteiger partial charge in [0.25, 0.3) is 0 Å². The second-order valence-corrected chi connectivity index (χ2v) is 5.70. The van der Waals surface area contributed by atoms with Crippen molar-refractivity contribution in [3.8, 4) is 16.9 Å². The van der Waals surface area contributed by atoms with Crippen molar-refractivity contribution in [2.24, 2.45) is 0 Å². The zero-order valence-electron chi connectivity index (χ0n) is 12.6. The Balaban J connectivity index is 2.44. The molecule has 23 heavy (non-hydrogen) atoms. The Morgan fingerprint density at radius 2 is 2.00 bits per heavy atom. The maximum Gasteiger partial charge on any atom is 0.200 e. The SMILES string of the molecule is CCc1cc2c(=O)c(-c3c(F)cccc3Cl)c(C)oc2cc1O. The molecule has 0 saturated carbocycles. The molecule has 0 amide bonds. The number of halogens is 2. The van der Waals surface area contributed by atoms with Crippen molar-refractivity contribution in [3.05, 3.63) is 62.7 Å². The predicted molar refractivity (Wildman–Crippen MR) is 88.7 cm³/mol. The molecule has 3 aromatic rings. The van der Waals surface area contributed by atoms with Gasteiger partial charge in [-0.25, -0.2) is 4.39 Å². The van der Waals surface area contributed by atoms with E-state index < -0.39 is 5.82 Å². The number of rotatable bonds is 2. The summed E-state index contributed by atoms with van der Waals surface area (Å²) in [5.74, 6) is -0.265. The average molecular weight is 333 g/mol. The van der Waals surface area contributed by atoms with Gasteiger partial charge in [0.05, 0.1) is 16.0 Å². The van der Waals surface area contributed by atoms with Gasteiger partial charge in [0.15, 0.2) is 0 Å². The van der Waals surface area contributed by atoms with E-state index in [0.717, 1.165) is 0 Å². The van der Waals surface area contributed by atoms with Crippen LogP contribution >= 0.6 is 11.6 Å². The molecular weight excluding hydrogens is 319 g/mol. The fourth-order valence-corrected chi connectivity index (χ4v) is 2.95. The molecule has 0 saturated heterocycles. The van der Waals surface area contributed by atoms with Crippen LogP contribution in [0, 0.1) is 12.7 Å². The highest BCUT2D eigenvalue weighted by Crippen LogP contribution is 2.33. The minimum absolute atomic E-state index is 0.0356. The summed E-state index contributed by atoms with van der Waals surface area (Å²) in [5.41, 5.74) is 0.657. The van der Waals surface area contributed by atoms with Crippen LogP contribution < -0.4 is 5.43 Å². The number of hydrogen-bond donors (Lipinski definition) is 1. The van der Waals surface area contributed by atoms with E-state index in [2.05, 4.69) is 0 Å². The summed E-state index contributed by atoms with van der Waals surface area (Å²) in [6.07, 6.45) is 0.560.